The summed E-state index contributed by atoms with van der Waals surface area (Å²) in [5.74, 6) is 0.576. The van der Waals surface area contributed by atoms with Crippen LogP contribution in [-0.2, 0) is 4.79 Å². The molecule has 1 rings (SSSR count). The van der Waals surface area contributed by atoms with Gasteiger partial charge in [-0.3, -0.25) is 4.79 Å². The number of nitrogens with one attached hydrogen (secondary N) is 1. The Bertz CT molecular complexity index is 450. The van der Waals surface area contributed by atoms with E-state index in [0.29, 0.717) is 31.9 Å². The zero-order valence-electron chi connectivity index (χ0n) is 13.0. The quantitative estimate of drug-likeness (QED) is 0.694. The molecular weight excluding hydrogens is 270 g/mol. The molecule has 0 amide bonds. The zero-order chi connectivity index (χ0) is 15.7. The van der Waals surface area contributed by atoms with Crippen molar-refractivity contribution in [3.05, 3.63) is 24.3 Å². The third-order valence-electron chi connectivity index (χ3n) is 3.22. The molecule has 0 spiro atoms. The highest BCUT2D eigenvalue weighted by molar-refractivity contribution is 5.78. The van der Waals surface area contributed by atoms with Crippen LogP contribution in [0.25, 0.3) is 0 Å². The summed E-state index contributed by atoms with van der Waals surface area (Å²) in [5, 5.41) is 12.4. The Kier molecular flexibility index (Phi) is 7.02. The summed E-state index contributed by atoms with van der Waals surface area (Å²) in [5.41, 5.74) is -0.965. The second-order valence-electron chi connectivity index (χ2n) is 5.07. The molecule has 0 aliphatic carbocycles. The van der Waals surface area contributed by atoms with Crippen LogP contribution in [0, 0.1) is 0 Å². The SMILES string of the molecule is CCCNC(C)(CCOc1cccc(OCC)c1)C(=O)O. The summed E-state index contributed by atoms with van der Waals surface area (Å²) in [6, 6.07) is 7.35. The van der Waals surface area contributed by atoms with Crippen molar-refractivity contribution in [2.45, 2.75) is 39.2 Å². The number of carbonyl (C=O) groups is 1. The lowest BCUT2D eigenvalue weighted by atomic mass is 9.98. The molecule has 0 fully saturated rings. The summed E-state index contributed by atoms with van der Waals surface area (Å²) in [6.07, 6.45) is 1.28. The first-order chi connectivity index (χ1) is 10.0. The van der Waals surface area contributed by atoms with Gasteiger partial charge in [-0.15, -0.1) is 0 Å². The van der Waals surface area contributed by atoms with E-state index in [9.17, 15) is 9.90 Å². The van der Waals surface area contributed by atoms with Crippen LogP contribution >= 0.6 is 0 Å². The Hall–Kier alpha value is -1.75. The van der Waals surface area contributed by atoms with Crippen LogP contribution in [0.1, 0.15) is 33.6 Å². The van der Waals surface area contributed by atoms with Crippen LogP contribution in [-0.4, -0.2) is 36.4 Å². The summed E-state index contributed by atoms with van der Waals surface area (Å²) in [4.78, 5) is 11.4. The lowest BCUT2D eigenvalue weighted by molar-refractivity contribution is -0.144. The largest absolute Gasteiger partial charge is 0.494 e. The van der Waals surface area contributed by atoms with Gasteiger partial charge in [0, 0.05) is 12.5 Å². The highest BCUT2D eigenvalue weighted by atomic mass is 16.5. The third-order valence-corrected chi connectivity index (χ3v) is 3.22. The Balaban J connectivity index is 2.53. The number of ether oxygens (including phenoxy) is 2. The third kappa shape index (κ3) is 5.63. The maximum Gasteiger partial charge on any atom is 0.323 e. The topological polar surface area (TPSA) is 67.8 Å². The van der Waals surface area contributed by atoms with Crippen LogP contribution < -0.4 is 14.8 Å². The molecule has 0 saturated carbocycles. The van der Waals surface area contributed by atoms with E-state index in [1.807, 2.05) is 32.0 Å². The van der Waals surface area contributed by atoms with Crippen molar-refractivity contribution >= 4 is 5.97 Å². The van der Waals surface area contributed by atoms with Crippen molar-refractivity contribution in [2.24, 2.45) is 0 Å². The first kappa shape index (κ1) is 17.3. The van der Waals surface area contributed by atoms with Gasteiger partial charge in [0.1, 0.15) is 17.0 Å². The molecule has 1 unspecified atom stereocenters. The smallest absolute Gasteiger partial charge is 0.323 e. The molecule has 21 heavy (non-hydrogen) atoms. The summed E-state index contributed by atoms with van der Waals surface area (Å²) < 4.78 is 11.0. The van der Waals surface area contributed by atoms with Gasteiger partial charge in [0.25, 0.3) is 0 Å². The van der Waals surface area contributed by atoms with Crippen molar-refractivity contribution in [3.8, 4) is 11.5 Å². The van der Waals surface area contributed by atoms with Gasteiger partial charge in [0.15, 0.2) is 0 Å². The Morgan fingerprint density at radius 1 is 1.29 bits per heavy atom. The van der Waals surface area contributed by atoms with E-state index in [-0.39, 0.29) is 0 Å². The molecule has 0 aliphatic rings. The van der Waals surface area contributed by atoms with E-state index in [0.717, 1.165) is 12.2 Å². The van der Waals surface area contributed by atoms with Gasteiger partial charge >= 0.3 is 5.97 Å². The number of hydrogen-bond acceptors (Lipinski definition) is 4. The minimum Gasteiger partial charge on any atom is -0.494 e. The van der Waals surface area contributed by atoms with Crippen LogP contribution in [0.5, 0.6) is 11.5 Å². The summed E-state index contributed by atoms with van der Waals surface area (Å²) in [7, 11) is 0. The minimum atomic E-state index is -0.965. The predicted octanol–water partition coefficient (Wildman–Crippen LogP) is 2.70. The van der Waals surface area contributed by atoms with E-state index >= 15 is 0 Å². The molecule has 0 radical (unpaired) electrons. The molecule has 0 heterocycles. The van der Waals surface area contributed by atoms with Crippen LogP contribution in [0.3, 0.4) is 0 Å². The fourth-order valence-electron chi connectivity index (χ4n) is 1.87. The van der Waals surface area contributed by atoms with Gasteiger partial charge in [-0.1, -0.05) is 13.0 Å². The fraction of sp³-hybridized carbons (Fsp3) is 0.562. The van der Waals surface area contributed by atoms with Crippen LogP contribution in [0.15, 0.2) is 24.3 Å². The monoisotopic (exact) mass is 295 g/mol. The number of hydrogen-bond donors (Lipinski definition) is 2. The average Bonchev–Trinajstić information content (AvgIpc) is 2.46. The zero-order valence-corrected chi connectivity index (χ0v) is 13.0. The average molecular weight is 295 g/mol. The van der Waals surface area contributed by atoms with E-state index in [2.05, 4.69) is 5.32 Å². The Morgan fingerprint density at radius 2 is 1.95 bits per heavy atom. The molecule has 1 atom stereocenters. The summed E-state index contributed by atoms with van der Waals surface area (Å²) >= 11 is 0. The molecule has 5 nitrogen and oxygen atoms in total. The van der Waals surface area contributed by atoms with E-state index < -0.39 is 11.5 Å². The van der Waals surface area contributed by atoms with Crippen molar-refractivity contribution in [1.82, 2.24) is 5.32 Å². The van der Waals surface area contributed by atoms with Crippen LogP contribution in [0.2, 0.25) is 0 Å². The number of benzene rings is 1. The molecule has 0 bridgehead atoms. The van der Waals surface area contributed by atoms with E-state index in [4.69, 9.17) is 9.47 Å². The van der Waals surface area contributed by atoms with Crippen LogP contribution in [0.4, 0.5) is 0 Å². The molecular formula is C16H25NO4. The highest BCUT2D eigenvalue weighted by Gasteiger charge is 2.31. The van der Waals surface area contributed by atoms with Gasteiger partial charge in [-0.25, -0.2) is 0 Å². The molecule has 0 aromatic heterocycles. The maximum atomic E-state index is 11.4. The number of aliphatic carboxylic acids is 1. The fourth-order valence-corrected chi connectivity index (χ4v) is 1.87. The number of carboxylic acids is 1. The number of rotatable bonds is 10. The van der Waals surface area contributed by atoms with Crippen molar-refractivity contribution in [3.63, 3.8) is 0 Å². The molecule has 5 heteroatoms. The highest BCUT2D eigenvalue weighted by Crippen LogP contribution is 2.20. The van der Waals surface area contributed by atoms with E-state index in [1.54, 1.807) is 13.0 Å². The lowest BCUT2D eigenvalue weighted by Gasteiger charge is -2.26. The summed E-state index contributed by atoms with van der Waals surface area (Å²) in [6.45, 7) is 7.21. The maximum absolute atomic E-state index is 11.4. The first-order valence-electron chi connectivity index (χ1n) is 7.36. The standard InChI is InChI=1S/C16H25NO4/c1-4-10-17-16(3,15(18)19)9-11-21-14-8-6-7-13(12-14)20-5-2/h6-8,12,17H,4-5,9-11H2,1-3H3,(H,18,19). The normalized spacial score (nSPS) is 13.5. The first-order valence-corrected chi connectivity index (χ1v) is 7.36. The molecule has 118 valence electrons. The Morgan fingerprint density at radius 3 is 2.52 bits per heavy atom. The van der Waals surface area contributed by atoms with Gasteiger partial charge in [-0.05, 0) is 38.9 Å². The van der Waals surface area contributed by atoms with Gasteiger partial charge in [0.05, 0.1) is 13.2 Å². The molecule has 1 aromatic carbocycles. The molecule has 0 saturated heterocycles. The van der Waals surface area contributed by atoms with E-state index in [1.165, 1.54) is 0 Å². The molecule has 0 aliphatic heterocycles. The number of carboxylic acid groups (broad SMARTS) is 1. The van der Waals surface area contributed by atoms with Gasteiger partial charge < -0.3 is 19.9 Å². The lowest BCUT2D eigenvalue weighted by Crippen LogP contribution is -2.50. The van der Waals surface area contributed by atoms with Gasteiger partial charge in [-0.2, -0.15) is 0 Å². The van der Waals surface area contributed by atoms with Gasteiger partial charge in [0.2, 0.25) is 0 Å². The Labute approximate surface area is 126 Å². The predicted molar refractivity (Wildman–Crippen MR) is 82.1 cm³/mol. The molecule has 2 N–H and O–H groups in total. The van der Waals surface area contributed by atoms with Crippen molar-refractivity contribution < 1.29 is 19.4 Å². The molecule has 1 aromatic rings. The minimum absolute atomic E-state index is 0.328. The second kappa shape index (κ2) is 8.52. The van der Waals surface area contributed by atoms with Crippen molar-refractivity contribution in [2.75, 3.05) is 19.8 Å². The second-order valence-corrected chi connectivity index (χ2v) is 5.07. The van der Waals surface area contributed by atoms with Crippen molar-refractivity contribution in [1.29, 1.82) is 0 Å².